The number of fused-ring (bicyclic) bond motifs is 2. The van der Waals surface area contributed by atoms with Crippen molar-refractivity contribution in [2.45, 2.75) is 18.7 Å². The summed E-state index contributed by atoms with van der Waals surface area (Å²) in [7, 11) is 0. The van der Waals surface area contributed by atoms with Crippen LogP contribution in [-0.2, 0) is 0 Å². The van der Waals surface area contributed by atoms with E-state index in [4.69, 9.17) is 9.72 Å². The predicted octanol–water partition coefficient (Wildman–Crippen LogP) is 2.91. The van der Waals surface area contributed by atoms with Crippen LogP contribution >= 0.6 is 0 Å². The number of rotatable bonds is 4. The summed E-state index contributed by atoms with van der Waals surface area (Å²) in [5, 5.41) is 4.03. The Morgan fingerprint density at radius 3 is 2.97 bits per heavy atom. The lowest BCUT2D eigenvalue weighted by Crippen LogP contribution is -3.06. The lowest BCUT2D eigenvalue weighted by atomic mass is 10.1. The molecule has 0 bridgehead atoms. The first-order valence-corrected chi connectivity index (χ1v) is 11.1. The summed E-state index contributed by atoms with van der Waals surface area (Å²) in [6, 6.07) is 13.8. The summed E-state index contributed by atoms with van der Waals surface area (Å²) in [5.74, 6) is 1.53. The molecule has 5 heterocycles. The summed E-state index contributed by atoms with van der Waals surface area (Å²) in [5.41, 5.74) is 4.65. The monoisotopic (exact) mass is 440 g/mol. The molecule has 1 aromatic carbocycles. The molecule has 3 aromatic rings. The van der Waals surface area contributed by atoms with Crippen molar-refractivity contribution < 1.29 is 14.0 Å². The van der Waals surface area contributed by atoms with Gasteiger partial charge in [-0.2, -0.15) is 4.99 Å². The fourth-order valence-corrected chi connectivity index (χ4v) is 4.44. The SMILES string of the molecule is F[C@H]1CNCC[C@@H]1Oc1cccc2ccc(C3=CN=C4C=C(c5cccnc5)C=C[NH+]34)nc12. The van der Waals surface area contributed by atoms with Crippen molar-refractivity contribution in [3.63, 3.8) is 0 Å². The van der Waals surface area contributed by atoms with Crippen molar-refractivity contribution in [2.75, 3.05) is 13.1 Å². The van der Waals surface area contributed by atoms with Gasteiger partial charge in [0.15, 0.2) is 5.70 Å². The van der Waals surface area contributed by atoms with E-state index in [2.05, 4.69) is 33.6 Å². The second-order valence-corrected chi connectivity index (χ2v) is 8.33. The Labute approximate surface area is 190 Å². The van der Waals surface area contributed by atoms with Crippen LogP contribution in [0, 0.1) is 0 Å². The summed E-state index contributed by atoms with van der Waals surface area (Å²) in [6.45, 7) is 1.07. The largest absolute Gasteiger partial charge is 0.485 e. The molecule has 0 amide bonds. The highest BCUT2D eigenvalue weighted by Gasteiger charge is 2.30. The summed E-state index contributed by atoms with van der Waals surface area (Å²) in [4.78, 5) is 14.8. The number of hydrogen-bond acceptors (Lipinski definition) is 5. The van der Waals surface area contributed by atoms with Crippen LogP contribution in [0.1, 0.15) is 17.7 Å². The number of para-hydroxylation sites is 1. The quantitative estimate of drug-likeness (QED) is 0.655. The Balaban J connectivity index is 1.29. The van der Waals surface area contributed by atoms with Gasteiger partial charge in [-0.1, -0.05) is 24.3 Å². The lowest BCUT2D eigenvalue weighted by Gasteiger charge is -2.27. The third-order valence-corrected chi connectivity index (χ3v) is 6.20. The van der Waals surface area contributed by atoms with E-state index < -0.39 is 12.3 Å². The number of halogens is 1. The predicted molar refractivity (Wildman–Crippen MR) is 126 cm³/mol. The van der Waals surface area contributed by atoms with Crippen LogP contribution in [0.15, 0.2) is 84.4 Å². The second-order valence-electron chi connectivity index (χ2n) is 8.33. The first-order chi connectivity index (χ1) is 16.3. The van der Waals surface area contributed by atoms with Gasteiger partial charge in [0, 0.05) is 42.0 Å². The molecule has 1 unspecified atom stereocenters. The first kappa shape index (κ1) is 20.0. The Bertz CT molecular complexity index is 1330. The van der Waals surface area contributed by atoms with Gasteiger partial charge >= 0.3 is 0 Å². The van der Waals surface area contributed by atoms with Crippen molar-refractivity contribution >= 4 is 28.0 Å². The Morgan fingerprint density at radius 2 is 2.09 bits per heavy atom. The van der Waals surface area contributed by atoms with E-state index in [1.807, 2.05) is 54.9 Å². The van der Waals surface area contributed by atoms with Crippen molar-refractivity contribution in [3.05, 3.63) is 90.7 Å². The standard InChI is InChI=1S/C26H22FN5O/c27-20-15-29-11-8-23(20)33-24-5-1-3-17-6-7-21(31-26(17)24)22-16-30-25-13-18(9-12-32(22)25)19-4-2-10-28-14-19/h1-7,9-10,12-14,16,20,23,29H,8,11,15H2/p+1/t20-,23-/m0/s1. The highest BCUT2D eigenvalue weighted by atomic mass is 19.1. The van der Waals surface area contributed by atoms with Gasteiger partial charge in [-0.05, 0) is 36.7 Å². The molecule has 33 heavy (non-hydrogen) atoms. The molecular formula is C26H23FN5O+. The van der Waals surface area contributed by atoms with Crippen LogP contribution in [0.3, 0.4) is 0 Å². The molecule has 6 rings (SSSR count). The summed E-state index contributed by atoms with van der Waals surface area (Å²) < 4.78 is 20.5. The molecule has 3 atom stereocenters. The zero-order valence-corrected chi connectivity index (χ0v) is 17.9. The minimum absolute atomic E-state index is 0.320. The molecule has 7 heteroatoms. The minimum Gasteiger partial charge on any atom is -0.485 e. The number of piperidine rings is 1. The highest BCUT2D eigenvalue weighted by molar-refractivity contribution is 6.01. The molecule has 0 spiro atoms. The topological polar surface area (TPSA) is 63.8 Å². The van der Waals surface area contributed by atoms with Gasteiger partial charge < -0.3 is 10.1 Å². The number of hydrogen-bond donors (Lipinski definition) is 2. The molecule has 0 radical (unpaired) electrons. The van der Waals surface area contributed by atoms with E-state index >= 15 is 0 Å². The van der Waals surface area contributed by atoms with E-state index in [1.54, 1.807) is 6.20 Å². The molecule has 164 valence electrons. The number of aromatic nitrogens is 2. The summed E-state index contributed by atoms with van der Waals surface area (Å²) in [6.07, 6.45) is 10.8. The maximum Gasteiger partial charge on any atom is 0.236 e. The third kappa shape index (κ3) is 3.75. The number of aliphatic imine (C=N–C) groups is 1. The number of nitrogens with zero attached hydrogens (tertiary/aromatic N) is 3. The average molecular weight is 441 g/mol. The number of alkyl halides is 1. The van der Waals surface area contributed by atoms with E-state index in [-0.39, 0.29) is 0 Å². The Hall–Kier alpha value is -3.68. The molecule has 3 aliphatic rings. The van der Waals surface area contributed by atoms with Gasteiger partial charge in [-0.25, -0.2) is 14.3 Å². The molecule has 2 aromatic heterocycles. The fraction of sp³-hybridized carbons (Fsp3) is 0.192. The molecule has 2 N–H and O–H groups in total. The molecular weight excluding hydrogens is 417 g/mol. The van der Waals surface area contributed by atoms with Gasteiger partial charge in [-0.15, -0.1) is 0 Å². The van der Waals surface area contributed by atoms with Crippen molar-refractivity contribution in [1.29, 1.82) is 0 Å². The lowest BCUT2D eigenvalue weighted by molar-refractivity contribution is -0.654. The minimum atomic E-state index is -1.03. The molecule has 0 saturated carbocycles. The zero-order chi connectivity index (χ0) is 22.2. The van der Waals surface area contributed by atoms with Crippen LogP contribution in [0.4, 0.5) is 4.39 Å². The number of benzene rings is 1. The molecule has 6 nitrogen and oxygen atoms in total. The van der Waals surface area contributed by atoms with Crippen LogP contribution in [0.5, 0.6) is 5.75 Å². The average Bonchev–Trinajstić information content (AvgIpc) is 3.29. The van der Waals surface area contributed by atoms with Gasteiger partial charge in [-0.3, -0.25) is 4.98 Å². The van der Waals surface area contributed by atoms with E-state index in [0.29, 0.717) is 18.7 Å². The van der Waals surface area contributed by atoms with Gasteiger partial charge in [0.1, 0.15) is 35.4 Å². The smallest absolute Gasteiger partial charge is 0.236 e. The first-order valence-electron chi connectivity index (χ1n) is 11.1. The maximum absolute atomic E-state index is 14.3. The van der Waals surface area contributed by atoms with E-state index in [0.717, 1.165) is 50.7 Å². The number of amidine groups is 1. The number of allylic oxidation sites excluding steroid dienone is 2. The number of ether oxygens (including phenoxy) is 1. The molecule has 1 fully saturated rings. The zero-order valence-electron chi connectivity index (χ0n) is 17.9. The van der Waals surface area contributed by atoms with Crippen molar-refractivity contribution in [1.82, 2.24) is 15.3 Å². The fourth-order valence-electron chi connectivity index (χ4n) is 4.44. The van der Waals surface area contributed by atoms with Crippen LogP contribution in [0.25, 0.3) is 22.2 Å². The molecule has 0 aliphatic carbocycles. The van der Waals surface area contributed by atoms with E-state index in [1.165, 1.54) is 0 Å². The number of quaternary nitrogens is 1. The van der Waals surface area contributed by atoms with Gasteiger partial charge in [0.25, 0.3) is 0 Å². The Kier molecular flexibility index (Phi) is 5.05. The van der Waals surface area contributed by atoms with Gasteiger partial charge in [0.05, 0.1) is 6.20 Å². The van der Waals surface area contributed by atoms with E-state index in [9.17, 15) is 4.39 Å². The highest BCUT2D eigenvalue weighted by Crippen LogP contribution is 2.28. The Morgan fingerprint density at radius 1 is 1.12 bits per heavy atom. The van der Waals surface area contributed by atoms with Crippen molar-refractivity contribution in [2.24, 2.45) is 4.99 Å². The molecule has 1 saturated heterocycles. The van der Waals surface area contributed by atoms with Crippen LogP contribution in [0.2, 0.25) is 0 Å². The normalized spacial score (nSPS) is 24.2. The summed E-state index contributed by atoms with van der Waals surface area (Å²) >= 11 is 0. The van der Waals surface area contributed by atoms with Crippen molar-refractivity contribution in [3.8, 4) is 5.75 Å². The number of pyridine rings is 2. The number of nitrogens with one attached hydrogen (secondary N) is 2. The van der Waals surface area contributed by atoms with Gasteiger partial charge in [0.2, 0.25) is 5.84 Å². The van der Waals surface area contributed by atoms with Crippen LogP contribution < -0.4 is 15.0 Å². The molecule has 3 aliphatic heterocycles. The third-order valence-electron chi connectivity index (χ3n) is 6.20. The van der Waals surface area contributed by atoms with Crippen LogP contribution in [-0.4, -0.2) is 41.2 Å². The second kappa shape index (κ2) is 8.35. The maximum atomic E-state index is 14.3.